The van der Waals surface area contributed by atoms with Gasteiger partial charge in [-0.1, -0.05) is 11.6 Å². The second kappa shape index (κ2) is 5.84. The van der Waals surface area contributed by atoms with Crippen LogP contribution in [0.2, 0.25) is 0 Å². The van der Waals surface area contributed by atoms with Crippen LogP contribution < -0.4 is 0 Å². The summed E-state index contributed by atoms with van der Waals surface area (Å²) in [7, 11) is 2.75. The van der Waals surface area contributed by atoms with Gasteiger partial charge in [-0.05, 0) is 13.3 Å². The van der Waals surface area contributed by atoms with Crippen LogP contribution in [0.3, 0.4) is 0 Å². The number of hydrogen-bond acceptors (Lipinski definition) is 7. The molecule has 0 radical (unpaired) electrons. The van der Waals surface area contributed by atoms with Gasteiger partial charge in [-0.3, -0.25) is 9.59 Å². The van der Waals surface area contributed by atoms with Crippen molar-refractivity contribution in [1.82, 2.24) is 0 Å². The fraction of sp³-hybridized carbons (Fsp3) is 0.625. The van der Waals surface area contributed by atoms with Crippen LogP contribution in [0.25, 0.3) is 0 Å². The first-order valence-corrected chi connectivity index (χ1v) is 8.00. The lowest BCUT2D eigenvalue weighted by Crippen LogP contribution is -2.53. The Bertz CT molecular complexity index is 663. The smallest absolute Gasteiger partial charge is 0.317 e. The highest BCUT2D eigenvalue weighted by atomic mass is 35.5. The van der Waals surface area contributed by atoms with E-state index in [1.54, 1.807) is 0 Å². The number of carbonyl (C=O) groups is 2. The van der Waals surface area contributed by atoms with Crippen molar-refractivity contribution in [2.45, 2.75) is 37.6 Å². The monoisotopic (exact) mass is 358 g/mol. The first-order chi connectivity index (χ1) is 11.2. The Morgan fingerprint density at radius 3 is 2.54 bits per heavy atom. The predicted molar refractivity (Wildman–Crippen MR) is 81.7 cm³/mol. The fourth-order valence-electron chi connectivity index (χ4n) is 3.89. The van der Waals surface area contributed by atoms with E-state index in [0.29, 0.717) is 6.42 Å². The van der Waals surface area contributed by atoms with Crippen LogP contribution in [-0.4, -0.2) is 54.0 Å². The number of fused-ring (bicyclic) bond motifs is 2. The number of hydrogen-bond donors (Lipinski definition) is 2. The van der Waals surface area contributed by atoms with Crippen LogP contribution in [-0.2, 0) is 23.8 Å². The summed E-state index contributed by atoms with van der Waals surface area (Å²) in [6.45, 7) is 1.41. The van der Waals surface area contributed by atoms with Crippen molar-refractivity contribution >= 4 is 23.4 Å². The Balaban J connectivity index is 2.15. The van der Waals surface area contributed by atoms with E-state index < -0.39 is 35.3 Å². The molecule has 4 unspecified atom stereocenters. The summed E-state index contributed by atoms with van der Waals surface area (Å²) >= 11 is 6.18. The molecule has 1 saturated carbocycles. The van der Waals surface area contributed by atoms with Crippen molar-refractivity contribution in [1.29, 1.82) is 0 Å². The molecule has 1 aliphatic heterocycles. The van der Waals surface area contributed by atoms with Crippen molar-refractivity contribution in [2.75, 3.05) is 14.2 Å². The minimum absolute atomic E-state index is 0.167. The first-order valence-electron chi connectivity index (χ1n) is 7.62. The maximum atomic E-state index is 12.5. The molecule has 0 aromatic carbocycles. The van der Waals surface area contributed by atoms with Gasteiger partial charge in [0.1, 0.15) is 5.60 Å². The molecule has 7 nitrogen and oxygen atoms in total. The summed E-state index contributed by atoms with van der Waals surface area (Å²) in [6.07, 6.45) is -0.661. The van der Waals surface area contributed by atoms with Gasteiger partial charge >= 0.3 is 5.97 Å². The number of rotatable bonds is 2. The van der Waals surface area contributed by atoms with Crippen LogP contribution in [0.4, 0.5) is 0 Å². The molecule has 24 heavy (non-hydrogen) atoms. The zero-order chi connectivity index (χ0) is 17.8. The van der Waals surface area contributed by atoms with E-state index in [1.807, 2.05) is 0 Å². The summed E-state index contributed by atoms with van der Waals surface area (Å²) in [5.74, 6) is -3.39. The van der Waals surface area contributed by atoms with Gasteiger partial charge < -0.3 is 24.4 Å². The van der Waals surface area contributed by atoms with Crippen molar-refractivity contribution in [3.63, 3.8) is 0 Å². The van der Waals surface area contributed by atoms with Crippen molar-refractivity contribution in [2.24, 2.45) is 11.8 Å². The third-order valence-corrected chi connectivity index (χ3v) is 5.60. The number of methoxy groups -OCH3 is 2. The van der Waals surface area contributed by atoms with Crippen molar-refractivity contribution in [3.8, 4) is 0 Å². The van der Waals surface area contributed by atoms with Gasteiger partial charge in [0.15, 0.2) is 11.5 Å². The molecular formula is C16H19ClO7. The van der Waals surface area contributed by atoms with Gasteiger partial charge in [0, 0.05) is 25.0 Å². The van der Waals surface area contributed by atoms with E-state index in [1.165, 1.54) is 21.1 Å². The molecule has 0 amide bonds. The average molecular weight is 359 g/mol. The maximum absolute atomic E-state index is 12.5. The van der Waals surface area contributed by atoms with Crippen LogP contribution in [0, 0.1) is 11.8 Å². The highest BCUT2D eigenvalue weighted by molar-refractivity contribution is 6.34. The second-order valence-electron chi connectivity index (χ2n) is 6.44. The van der Waals surface area contributed by atoms with Crippen LogP contribution in [0.15, 0.2) is 22.1 Å². The molecule has 1 heterocycles. The topological polar surface area (TPSA) is 102 Å². The third-order valence-electron chi connectivity index (χ3n) is 5.06. The molecule has 0 saturated heterocycles. The number of Topliss-reactive ketones (excluding diaryl/α,β-unsaturated/α-hetero) is 1. The average Bonchev–Trinajstić information content (AvgIpc) is 2.52. The van der Waals surface area contributed by atoms with E-state index in [2.05, 4.69) is 0 Å². The minimum atomic E-state index is -1.74. The molecule has 0 aromatic heterocycles. The number of halogens is 1. The Hall–Kier alpha value is -1.41. The predicted octanol–water partition coefficient (Wildman–Crippen LogP) is 0.630. The number of ketones is 1. The van der Waals surface area contributed by atoms with E-state index >= 15 is 0 Å². The summed E-state index contributed by atoms with van der Waals surface area (Å²) in [5.41, 5.74) is -1.54. The number of carbonyl (C=O) groups excluding carboxylic acids is 2. The largest absolute Gasteiger partial charge is 0.491 e. The van der Waals surface area contributed by atoms with Gasteiger partial charge in [0.2, 0.25) is 0 Å². The fourth-order valence-corrected chi connectivity index (χ4v) is 4.15. The second-order valence-corrected chi connectivity index (χ2v) is 6.82. The number of ether oxygens (including phenoxy) is 3. The molecule has 2 N–H and O–H groups in total. The number of esters is 1. The molecule has 0 bridgehead atoms. The van der Waals surface area contributed by atoms with E-state index in [9.17, 15) is 19.8 Å². The quantitative estimate of drug-likeness (QED) is 0.698. The van der Waals surface area contributed by atoms with Gasteiger partial charge in [-0.15, -0.1) is 0 Å². The maximum Gasteiger partial charge on any atom is 0.317 e. The summed E-state index contributed by atoms with van der Waals surface area (Å²) in [6, 6.07) is 0. The Morgan fingerprint density at radius 1 is 1.29 bits per heavy atom. The molecule has 132 valence electrons. The molecule has 3 aliphatic rings. The number of aliphatic hydroxyl groups excluding tert-OH is 1. The van der Waals surface area contributed by atoms with Crippen LogP contribution >= 0.6 is 11.6 Å². The SMILES string of the molecule is COC1=C(Cl)[C@](C)(O)C2=C(OC(=O)C3C(O)CC(OC)CC23)C1=O. The zero-order valence-electron chi connectivity index (χ0n) is 13.5. The highest BCUT2D eigenvalue weighted by Gasteiger charge is 2.57. The van der Waals surface area contributed by atoms with Crippen LogP contribution in [0.5, 0.6) is 0 Å². The van der Waals surface area contributed by atoms with E-state index in [4.69, 9.17) is 25.8 Å². The van der Waals surface area contributed by atoms with Crippen molar-refractivity contribution < 1.29 is 34.0 Å². The zero-order valence-corrected chi connectivity index (χ0v) is 14.3. The number of aliphatic hydroxyl groups is 2. The molecule has 5 atom stereocenters. The van der Waals surface area contributed by atoms with E-state index in [0.717, 1.165) is 0 Å². The van der Waals surface area contributed by atoms with Gasteiger partial charge in [-0.25, -0.2) is 0 Å². The minimum Gasteiger partial charge on any atom is -0.491 e. The molecule has 1 fully saturated rings. The standard InChI is InChI=1S/C16H19ClO7/c1-16(21)10-7-4-6(22-2)5-8(18)9(7)15(20)24-12(10)11(19)13(23-3)14(16)17/h6-9,18,21H,4-5H2,1-3H3/t6?,7?,8?,9?,16-/m1/s1. The molecule has 8 heteroatoms. The normalized spacial score (nSPS) is 39.4. The van der Waals surface area contributed by atoms with Crippen LogP contribution in [0.1, 0.15) is 19.8 Å². The lowest BCUT2D eigenvalue weighted by molar-refractivity contribution is -0.162. The first kappa shape index (κ1) is 17.4. The molecule has 0 aromatic rings. The Morgan fingerprint density at radius 2 is 1.96 bits per heavy atom. The molecule has 2 aliphatic carbocycles. The molecule has 3 rings (SSSR count). The van der Waals surface area contributed by atoms with Gasteiger partial charge in [0.05, 0.1) is 30.3 Å². The van der Waals surface area contributed by atoms with Crippen molar-refractivity contribution in [3.05, 3.63) is 22.1 Å². The van der Waals surface area contributed by atoms with Gasteiger partial charge in [0.25, 0.3) is 5.78 Å². The lowest BCUT2D eigenvalue weighted by atomic mass is 9.65. The Labute approximate surface area is 143 Å². The third kappa shape index (κ3) is 2.30. The Kier molecular flexibility index (Phi) is 4.24. The van der Waals surface area contributed by atoms with Gasteiger partial charge in [-0.2, -0.15) is 0 Å². The summed E-state index contributed by atoms with van der Waals surface area (Å²) in [4.78, 5) is 24.9. The summed E-state index contributed by atoms with van der Waals surface area (Å²) < 4.78 is 15.5. The summed E-state index contributed by atoms with van der Waals surface area (Å²) in [5, 5.41) is 21.1. The highest BCUT2D eigenvalue weighted by Crippen LogP contribution is 2.51. The molecule has 0 spiro atoms. The van der Waals surface area contributed by atoms with E-state index in [-0.39, 0.29) is 34.6 Å². The molecular weight excluding hydrogens is 340 g/mol. The lowest BCUT2D eigenvalue weighted by Gasteiger charge is -2.46.